The topological polar surface area (TPSA) is 109 Å². The third kappa shape index (κ3) is 2.78. The molecule has 1 amide bonds. The number of nitrogens with zero attached hydrogens (tertiary/aromatic N) is 5. The highest BCUT2D eigenvalue weighted by molar-refractivity contribution is 5.80. The number of carbonyl (C=O) groups excluding carboxylic acids is 1. The molecule has 0 fully saturated rings. The highest BCUT2D eigenvalue weighted by Gasteiger charge is 2.23. The first kappa shape index (κ1) is 19.6. The maximum absolute atomic E-state index is 13.2. The minimum Gasteiger partial charge on any atom is -0.368 e. The first-order valence-corrected chi connectivity index (χ1v) is 10.0. The second kappa shape index (κ2) is 7.09. The van der Waals surface area contributed by atoms with Gasteiger partial charge >= 0.3 is 5.69 Å². The Labute approximate surface area is 181 Å². The van der Waals surface area contributed by atoms with Crippen molar-refractivity contribution in [3.8, 4) is 16.9 Å². The molecule has 0 saturated heterocycles. The number of hydrogen-bond donors (Lipinski definition) is 1. The van der Waals surface area contributed by atoms with Crippen LogP contribution >= 0.6 is 0 Å². The van der Waals surface area contributed by atoms with Crippen LogP contribution in [0.5, 0.6) is 0 Å². The van der Waals surface area contributed by atoms with Crippen LogP contribution in [0.1, 0.15) is 5.56 Å². The van der Waals surface area contributed by atoms with Gasteiger partial charge in [-0.25, -0.2) is 9.36 Å². The molecule has 2 N–H and O–H groups in total. The number of nitrogens with two attached hydrogens (primary N) is 1. The lowest BCUT2D eigenvalue weighted by Gasteiger charge is -2.11. The van der Waals surface area contributed by atoms with Crippen molar-refractivity contribution in [2.75, 3.05) is 0 Å². The summed E-state index contributed by atoms with van der Waals surface area (Å²) in [5.74, 6) is -0.288. The number of para-hydroxylation sites is 1. The lowest BCUT2D eigenvalue weighted by Crippen LogP contribution is -2.42. The van der Waals surface area contributed by atoms with Gasteiger partial charge in [0.05, 0.1) is 11.4 Å². The normalized spacial score (nSPS) is 11.4. The molecule has 9 nitrogen and oxygen atoms in total. The number of carbonyl (C=O) groups is 1. The molecule has 5 rings (SSSR count). The van der Waals surface area contributed by atoms with Gasteiger partial charge in [0.15, 0.2) is 11.2 Å². The van der Waals surface area contributed by atoms with Crippen molar-refractivity contribution in [3.63, 3.8) is 0 Å². The van der Waals surface area contributed by atoms with Crippen molar-refractivity contribution in [1.29, 1.82) is 0 Å². The number of aryl methyl sites for hydroxylation is 2. The van der Waals surface area contributed by atoms with Crippen LogP contribution in [0, 0.1) is 6.92 Å². The average Bonchev–Trinajstić information content (AvgIpc) is 3.32. The molecule has 0 bridgehead atoms. The zero-order valence-electron chi connectivity index (χ0n) is 17.5. The maximum atomic E-state index is 13.2. The van der Waals surface area contributed by atoms with E-state index in [4.69, 9.17) is 5.73 Å². The summed E-state index contributed by atoms with van der Waals surface area (Å²) in [5, 5.41) is 0. The van der Waals surface area contributed by atoms with Gasteiger partial charge in [-0.05, 0) is 18.6 Å². The van der Waals surface area contributed by atoms with Gasteiger partial charge in [-0.3, -0.25) is 23.1 Å². The number of benzene rings is 2. The largest absolute Gasteiger partial charge is 0.368 e. The molecular weight excluding hydrogens is 408 g/mol. The third-order valence-corrected chi connectivity index (χ3v) is 5.59. The summed E-state index contributed by atoms with van der Waals surface area (Å²) in [4.78, 5) is 42.1. The van der Waals surface area contributed by atoms with E-state index in [2.05, 4.69) is 4.98 Å². The molecule has 9 heteroatoms. The van der Waals surface area contributed by atoms with Crippen molar-refractivity contribution in [3.05, 3.63) is 87.2 Å². The molecule has 0 saturated carbocycles. The molecule has 3 heterocycles. The van der Waals surface area contributed by atoms with Crippen LogP contribution in [-0.2, 0) is 18.4 Å². The molecule has 0 aliphatic heterocycles. The predicted octanol–water partition coefficient (Wildman–Crippen LogP) is 1.60. The number of amides is 1. The summed E-state index contributed by atoms with van der Waals surface area (Å²) in [7, 11) is 1.52. The van der Waals surface area contributed by atoms with Crippen molar-refractivity contribution < 1.29 is 4.79 Å². The number of hydrogen-bond acceptors (Lipinski definition) is 4. The molecule has 0 aliphatic carbocycles. The Kier molecular flexibility index (Phi) is 4.33. The van der Waals surface area contributed by atoms with E-state index in [1.165, 1.54) is 11.6 Å². The lowest BCUT2D eigenvalue weighted by molar-refractivity contribution is -0.118. The monoisotopic (exact) mass is 428 g/mol. The molecule has 0 spiro atoms. The zero-order chi connectivity index (χ0) is 22.6. The standard InChI is InChI=1S/C23H20N6O3/c1-14-8-6-7-11-16(14)29-17(15-9-4-3-5-10-15)12-27-19-20(25-22(27)29)26(2)23(32)28(21(19)31)13-18(24)30/h3-12H,13H2,1-2H3,(H2,24,30). The third-order valence-electron chi connectivity index (χ3n) is 5.59. The second-order valence-corrected chi connectivity index (χ2v) is 7.66. The molecule has 32 heavy (non-hydrogen) atoms. The molecule has 3 aromatic heterocycles. The quantitative estimate of drug-likeness (QED) is 0.469. The average molecular weight is 428 g/mol. The number of fused-ring (bicyclic) bond motifs is 3. The molecule has 0 atom stereocenters. The minimum absolute atomic E-state index is 0.202. The minimum atomic E-state index is -0.772. The van der Waals surface area contributed by atoms with E-state index in [-0.39, 0.29) is 11.2 Å². The summed E-state index contributed by atoms with van der Waals surface area (Å²) >= 11 is 0. The van der Waals surface area contributed by atoms with E-state index >= 15 is 0 Å². The number of aromatic nitrogens is 5. The first-order chi connectivity index (χ1) is 15.4. The molecular formula is C23H20N6O3. The van der Waals surface area contributed by atoms with Crippen LogP contribution in [0.25, 0.3) is 33.9 Å². The summed E-state index contributed by atoms with van der Waals surface area (Å²) in [6, 6.07) is 17.6. The Hall–Kier alpha value is -4.40. The van der Waals surface area contributed by atoms with E-state index in [1.807, 2.05) is 72.3 Å². The summed E-state index contributed by atoms with van der Waals surface area (Å²) in [6.07, 6.45) is 1.83. The van der Waals surface area contributed by atoms with Crippen molar-refractivity contribution in [2.45, 2.75) is 13.5 Å². The van der Waals surface area contributed by atoms with Crippen LogP contribution in [0.3, 0.4) is 0 Å². The van der Waals surface area contributed by atoms with Crippen molar-refractivity contribution in [2.24, 2.45) is 12.8 Å². The Balaban J connectivity index is 1.96. The van der Waals surface area contributed by atoms with E-state index in [0.717, 1.165) is 27.1 Å². The maximum Gasteiger partial charge on any atom is 0.332 e. The predicted molar refractivity (Wildman–Crippen MR) is 121 cm³/mol. The smallest absolute Gasteiger partial charge is 0.332 e. The van der Waals surface area contributed by atoms with Gasteiger partial charge in [-0.2, -0.15) is 4.98 Å². The van der Waals surface area contributed by atoms with Crippen molar-refractivity contribution in [1.82, 2.24) is 23.1 Å². The molecule has 160 valence electrons. The van der Waals surface area contributed by atoms with Gasteiger partial charge in [0, 0.05) is 18.8 Å². The van der Waals surface area contributed by atoms with Gasteiger partial charge in [-0.1, -0.05) is 48.5 Å². The van der Waals surface area contributed by atoms with Crippen LogP contribution < -0.4 is 17.0 Å². The number of imidazole rings is 2. The molecule has 5 aromatic rings. The van der Waals surface area contributed by atoms with Crippen molar-refractivity contribution >= 4 is 22.8 Å². The fraction of sp³-hybridized carbons (Fsp3) is 0.130. The Bertz CT molecular complexity index is 1640. The number of rotatable bonds is 4. The van der Waals surface area contributed by atoms with E-state index in [9.17, 15) is 14.4 Å². The summed E-state index contributed by atoms with van der Waals surface area (Å²) < 4.78 is 5.74. The van der Waals surface area contributed by atoms with Gasteiger partial charge in [-0.15, -0.1) is 0 Å². The highest BCUT2D eigenvalue weighted by Crippen LogP contribution is 2.29. The fourth-order valence-corrected chi connectivity index (χ4v) is 4.06. The Morgan fingerprint density at radius 2 is 1.72 bits per heavy atom. The Morgan fingerprint density at radius 1 is 1.03 bits per heavy atom. The second-order valence-electron chi connectivity index (χ2n) is 7.66. The van der Waals surface area contributed by atoms with Gasteiger partial charge in [0.2, 0.25) is 11.7 Å². The van der Waals surface area contributed by atoms with Gasteiger partial charge < -0.3 is 5.73 Å². The zero-order valence-corrected chi connectivity index (χ0v) is 17.5. The number of primary amides is 1. The van der Waals surface area contributed by atoms with Gasteiger partial charge in [0.25, 0.3) is 5.56 Å². The SMILES string of the molecule is Cc1ccccc1-n1c(-c2ccccc2)cn2c3c(=O)n(CC(N)=O)c(=O)n(C)c3nc12. The summed E-state index contributed by atoms with van der Waals surface area (Å²) in [5.41, 5.74) is 8.14. The van der Waals surface area contributed by atoms with E-state index in [1.54, 1.807) is 4.40 Å². The van der Waals surface area contributed by atoms with Crippen LogP contribution in [0.15, 0.2) is 70.4 Å². The molecule has 0 radical (unpaired) electrons. The lowest BCUT2D eigenvalue weighted by atomic mass is 10.1. The van der Waals surface area contributed by atoms with E-state index in [0.29, 0.717) is 5.78 Å². The highest BCUT2D eigenvalue weighted by atomic mass is 16.2. The van der Waals surface area contributed by atoms with Crippen LogP contribution in [0.4, 0.5) is 0 Å². The van der Waals surface area contributed by atoms with E-state index < -0.39 is 23.7 Å². The fourth-order valence-electron chi connectivity index (χ4n) is 4.06. The van der Waals surface area contributed by atoms with Gasteiger partial charge in [0.1, 0.15) is 6.54 Å². The summed E-state index contributed by atoms with van der Waals surface area (Å²) in [6.45, 7) is 1.50. The van der Waals surface area contributed by atoms with Crippen LogP contribution in [0.2, 0.25) is 0 Å². The first-order valence-electron chi connectivity index (χ1n) is 10.0. The Morgan fingerprint density at radius 3 is 2.41 bits per heavy atom. The molecule has 0 aliphatic rings. The molecule has 0 unspecified atom stereocenters. The van der Waals surface area contributed by atoms with Crippen LogP contribution in [-0.4, -0.2) is 29.0 Å². The molecule has 2 aromatic carbocycles.